The Morgan fingerprint density at radius 1 is 1.40 bits per heavy atom. The lowest BCUT2D eigenvalue weighted by atomic mass is 10.2. The van der Waals surface area contributed by atoms with Gasteiger partial charge in [0.15, 0.2) is 0 Å². The zero-order valence-electron chi connectivity index (χ0n) is 10.4. The van der Waals surface area contributed by atoms with Gasteiger partial charge in [-0.2, -0.15) is 0 Å². The van der Waals surface area contributed by atoms with E-state index in [0.29, 0.717) is 11.0 Å². The summed E-state index contributed by atoms with van der Waals surface area (Å²) < 4.78 is 12.5. The summed E-state index contributed by atoms with van der Waals surface area (Å²) in [4.78, 5) is 33.3. The molecule has 1 aromatic heterocycles. The van der Waals surface area contributed by atoms with Crippen molar-refractivity contribution < 1.29 is 24.3 Å². The highest BCUT2D eigenvalue weighted by Gasteiger charge is 2.22. The number of fused-ring (bicyclic) bond motifs is 1. The third-order valence-electron chi connectivity index (χ3n) is 2.78. The Kier molecular flexibility index (Phi) is 3.92. The maximum absolute atomic E-state index is 11.2. The number of benzene rings is 1. The SMILES string of the molecule is NC(Cc1nc2ccccc2n1CP(=O)(O)O)C(=O)O. The fourth-order valence-corrected chi connectivity index (χ4v) is 2.59. The van der Waals surface area contributed by atoms with Crippen LogP contribution in [0.3, 0.4) is 0 Å². The first-order chi connectivity index (χ1) is 9.28. The predicted octanol–water partition coefficient (Wildman–Crippen LogP) is 0.126. The number of nitrogens with zero attached hydrogens (tertiary/aromatic N) is 2. The highest BCUT2D eigenvalue weighted by atomic mass is 31.2. The van der Waals surface area contributed by atoms with E-state index in [1.54, 1.807) is 24.3 Å². The van der Waals surface area contributed by atoms with Crippen LogP contribution in [0.25, 0.3) is 11.0 Å². The number of aliphatic carboxylic acids is 1. The summed E-state index contributed by atoms with van der Waals surface area (Å²) in [5.41, 5.74) is 6.52. The number of hydrogen-bond acceptors (Lipinski definition) is 4. The van der Waals surface area contributed by atoms with Gasteiger partial charge in [0.2, 0.25) is 0 Å². The maximum atomic E-state index is 11.2. The van der Waals surface area contributed by atoms with Gasteiger partial charge in [0.1, 0.15) is 18.2 Å². The lowest BCUT2D eigenvalue weighted by molar-refractivity contribution is -0.138. The Labute approximate surface area is 114 Å². The van der Waals surface area contributed by atoms with E-state index in [1.807, 2.05) is 0 Å². The third-order valence-corrected chi connectivity index (χ3v) is 3.43. The van der Waals surface area contributed by atoms with Gasteiger partial charge in [-0.05, 0) is 12.1 Å². The second-order valence-corrected chi connectivity index (χ2v) is 6.01. The second-order valence-electron chi connectivity index (χ2n) is 4.40. The lowest BCUT2D eigenvalue weighted by Gasteiger charge is -2.11. The molecule has 0 amide bonds. The molecule has 108 valence electrons. The number of para-hydroxylation sites is 2. The van der Waals surface area contributed by atoms with Gasteiger partial charge in [-0.3, -0.25) is 9.36 Å². The van der Waals surface area contributed by atoms with E-state index in [2.05, 4.69) is 4.98 Å². The van der Waals surface area contributed by atoms with E-state index in [1.165, 1.54) is 4.57 Å². The van der Waals surface area contributed by atoms with Gasteiger partial charge in [-0.1, -0.05) is 12.1 Å². The molecule has 1 aromatic carbocycles. The monoisotopic (exact) mass is 299 g/mol. The summed E-state index contributed by atoms with van der Waals surface area (Å²) in [5, 5.41) is 8.83. The summed E-state index contributed by atoms with van der Waals surface area (Å²) in [6, 6.07) is 5.61. The van der Waals surface area contributed by atoms with Crippen molar-refractivity contribution >= 4 is 24.6 Å². The number of hydrogen-bond donors (Lipinski definition) is 4. The van der Waals surface area contributed by atoms with E-state index in [0.717, 1.165) is 0 Å². The van der Waals surface area contributed by atoms with Crippen LogP contribution in [0.2, 0.25) is 0 Å². The van der Waals surface area contributed by atoms with Crippen LogP contribution in [0.15, 0.2) is 24.3 Å². The Morgan fingerprint density at radius 3 is 2.65 bits per heavy atom. The van der Waals surface area contributed by atoms with E-state index in [-0.39, 0.29) is 12.2 Å². The van der Waals surface area contributed by atoms with Crippen LogP contribution >= 0.6 is 7.60 Å². The molecule has 0 fully saturated rings. The van der Waals surface area contributed by atoms with Crippen LogP contribution in [-0.4, -0.2) is 36.5 Å². The molecule has 0 aliphatic carbocycles. The minimum absolute atomic E-state index is 0.107. The Balaban J connectivity index is 2.49. The quantitative estimate of drug-likeness (QED) is 0.575. The van der Waals surface area contributed by atoms with Crippen molar-refractivity contribution in [1.29, 1.82) is 0 Å². The number of carbonyl (C=O) groups is 1. The molecular weight excluding hydrogens is 285 g/mol. The van der Waals surface area contributed by atoms with E-state index < -0.39 is 25.9 Å². The molecular formula is C11H14N3O5P. The largest absolute Gasteiger partial charge is 0.480 e. The van der Waals surface area contributed by atoms with Crippen molar-refractivity contribution in [3.63, 3.8) is 0 Å². The molecule has 20 heavy (non-hydrogen) atoms. The van der Waals surface area contributed by atoms with Crippen LogP contribution in [0, 0.1) is 0 Å². The summed E-state index contributed by atoms with van der Waals surface area (Å²) in [6.07, 6.45) is -0.667. The van der Waals surface area contributed by atoms with Crippen molar-refractivity contribution in [2.45, 2.75) is 18.7 Å². The van der Waals surface area contributed by atoms with E-state index in [9.17, 15) is 9.36 Å². The summed E-state index contributed by atoms with van der Waals surface area (Å²) in [6.45, 7) is 0. The fraction of sp³-hybridized carbons (Fsp3) is 0.273. The predicted molar refractivity (Wildman–Crippen MR) is 71.1 cm³/mol. The highest BCUT2D eigenvalue weighted by Crippen LogP contribution is 2.38. The number of imidazole rings is 1. The van der Waals surface area contributed by atoms with Crippen LogP contribution in [0.5, 0.6) is 0 Å². The summed E-state index contributed by atoms with van der Waals surface area (Å²) in [5.74, 6) is -0.954. The molecule has 1 heterocycles. The first kappa shape index (κ1) is 14.7. The van der Waals surface area contributed by atoms with Gasteiger partial charge in [-0.25, -0.2) is 4.98 Å². The van der Waals surface area contributed by atoms with Crippen molar-refractivity contribution in [1.82, 2.24) is 9.55 Å². The average molecular weight is 299 g/mol. The number of rotatable bonds is 5. The first-order valence-electron chi connectivity index (χ1n) is 5.75. The van der Waals surface area contributed by atoms with Crippen LogP contribution < -0.4 is 5.73 Å². The van der Waals surface area contributed by atoms with Crippen molar-refractivity contribution in [3.05, 3.63) is 30.1 Å². The number of aromatic nitrogens is 2. The fourth-order valence-electron chi connectivity index (χ4n) is 1.91. The average Bonchev–Trinajstić information content (AvgIpc) is 2.65. The molecule has 8 nitrogen and oxygen atoms in total. The lowest BCUT2D eigenvalue weighted by Crippen LogP contribution is -2.33. The van der Waals surface area contributed by atoms with Gasteiger partial charge in [0, 0.05) is 6.42 Å². The number of carboxylic acids is 1. The molecule has 2 aromatic rings. The molecule has 0 spiro atoms. The molecule has 0 aliphatic heterocycles. The molecule has 1 unspecified atom stereocenters. The van der Waals surface area contributed by atoms with Crippen molar-refractivity contribution in [2.24, 2.45) is 5.73 Å². The Morgan fingerprint density at radius 2 is 2.05 bits per heavy atom. The van der Waals surface area contributed by atoms with Crippen molar-refractivity contribution in [2.75, 3.05) is 0 Å². The van der Waals surface area contributed by atoms with Crippen LogP contribution in [0.4, 0.5) is 0 Å². The van der Waals surface area contributed by atoms with Gasteiger partial charge >= 0.3 is 13.6 Å². The van der Waals surface area contributed by atoms with Gasteiger partial charge in [-0.15, -0.1) is 0 Å². The maximum Gasteiger partial charge on any atom is 0.345 e. The highest BCUT2D eigenvalue weighted by molar-refractivity contribution is 7.50. The van der Waals surface area contributed by atoms with E-state index >= 15 is 0 Å². The minimum atomic E-state index is -4.32. The second kappa shape index (κ2) is 5.34. The standard InChI is InChI=1S/C11H14N3O5P/c12-7(11(15)16)5-10-13-8-3-1-2-4-9(8)14(10)6-20(17,18)19/h1-4,7H,5-6,12H2,(H,15,16)(H2,17,18,19). The molecule has 1 atom stereocenters. The molecule has 9 heteroatoms. The Hall–Kier alpha value is -1.73. The topological polar surface area (TPSA) is 139 Å². The molecule has 0 radical (unpaired) electrons. The number of nitrogens with two attached hydrogens (primary N) is 1. The molecule has 0 saturated heterocycles. The molecule has 2 rings (SSSR count). The molecule has 0 saturated carbocycles. The normalized spacial score (nSPS) is 13.6. The summed E-state index contributed by atoms with van der Waals surface area (Å²) in [7, 11) is -4.32. The smallest absolute Gasteiger partial charge is 0.345 e. The van der Waals surface area contributed by atoms with Crippen LogP contribution in [0.1, 0.15) is 5.82 Å². The minimum Gasteiger partial charge on any atom is -0.480 e. The van der Waals surface area contributed by atoms with Crippen molar-refractivity contribution in [3.8, 4) is 0 Å². The first-order valence-corrected chi connectivity index (χ1v) is 7.55. The molecule has 5 N–H and O–H groups in total. The Bertz CT molecular complexity index is 692. The van der Waals surface area contributed by atoms with E-state index in [4.69, 9.17) is 20.6 Å². The zero-order valence-corrected chi connectivity index (χ0v) is 11.3. The van der Waals surface area contributed by atoms with Gasteiger partial charge < -0.3 is 25.2 Å². The molecule has 0 bridgehead atoms. The van der Waals surface area contributed by atoms with Gasteiger partial charge in [0.25, 0.3) is 0 Å². The third kappa shape index (κ3) is 3.23. The summed E-state index contributed by atoms with van der Waals surface area (Å²) >= 11 is 0. The van der Waals surface area contributed by atoms with Crippen LogP contribution in [-0.2, 0) is 22.1 Å². The number of carboxylic acid groups (broad SMARTS) is 1. The molecule has 0 aliphatic rings. The zero-order chi connectivity index (χ0) is 14.9. The van der Waals surface area contributed by atoms with Gasteiger partial charge in [0.05, 0.1) is 11.0 Å².